The van der Waals surface area contributed by atoms with E-state index in [-0.39, 0.29) is 18.0 Å². The number of rotatable bonds is 5. The molecule has 1 aromatic heterocycles. The molecule has 4 nitrogen and oxygen atoms in total. The van der Waals surface area contributed by atoms with Gasteiger partial charge in [0.05, 0.1) is 5.75 Å². The lowest BCUT2D eigenvalue weighted by Crippen LogP contribution is -2.43. The molecule has 0 aliphatic heterocycles. The number of amides is 1. The molecule has 0 unspecified atom stereocenters. The number of aromatic nitrogens is 1. The topological polar surface area (TPSA) is 59.2 Å². The number of pyridine rings is 1. The second-order valence-electron chi connectivity index (χ2n) is 4.70. The number of nitrogens with two attached hydrogens (primary N) is 1. The maximum absolute atomic E-state index is 12.1. The van der Waals surface area contributed by atoms with Crippen LogP contribution in [0.4, 0.5) is 5.82 Å². The Hall–Kier alpha value is -1.23. The number of nitrogen functional groups attached to an aromatic ring is 1. The van der Waals surface area contributed by atoms with Crippen LogP contribution in [0.5, 0.6) is 0 Å². The number of nitrogens with zero attached hydrogens (tertiary/aromatic N) is 2. The van der Waals surface area contributed by atoms with Gasteiger partial charge in [0, 0.05) is 23.2 Å². The van der Waals surface area contributed by atoms with Gasteiger partial charge in [0.2, 0.25) is 5.91 Å². The van der Waals surface area contributed by atoms with E-state index in [0.29, 0.717) is 11.6 Å². The standard InChI is InChI=1S/C13H21N3OS/c1-9(2)16(10(3)4)13(17)8-18-11-5-6-12(14)15-7-11/h5-7,9-10H,8H2,1-4H3,(H2,14,15). The largest absolute Gasteiger partial charge is 0.384 e. The maximum atomic E-state index is 12.1. The molecule has 100 valence electrons. The first-order chi connectivity index (χ1) is 8.41. The van der Waals surface area contributed by atoms with Gasteiger partial charge in [-0.25, -0.2) is 4.98 Å². The van der Waals surface area contributed by atoms with Crippen molar-refractivity contribution in [1.29, 1.82) is 0 Å². The van der Waals surface area contributed by atoms with Crippen LogP contribution in [0, 0.1) is 0 Å². The molecule has 0 aliphatic rings. The molecule has 0 bridgehead atoms. The Balaban J connectivity index is 2.57. The lowest BCUT2D eigenvalue weighted by Gasteiger charge is -2.30. The lowest BCUT2D eigenvalue weighted by molar-refractivity contribution is -0.131. The fourth-order valence-electron chi connectivity index (χ4n) is 1.87. The summed E-state index contributed by atoms with van der Waals surface area (Å²) in [5.74, 6) is 1.08. The molecular weight excluding hydrogens is 246 g/mol. The lowest BCUT2D eigenvalue weighted by atomic mass is 10.2. The first kappa shape index (κ1) is 14.8. The van der Waals surface area contributed by atoms with Crippen LogP contribution >= 0.6 is 11.8 Å². The summed E-state index contributed by atoms with van der Waals surface area (Å²) in [6.07, 6.45) is 1.70. The van der Waals surface area contributed by atoms with Crippen molar-refractivity contribution in [2.24, 2.45) is 0 Å². The van der Waals surface area contributed by atoms with Crippen LogP contribution in [0.1, 0.15) is 27.7 Å². The SMILES string of the molecule is CC(C)N(C(=O)CSc1ccc(N)nc1)C(C)C. The molecule has 1 rings (SSSR count). The van der Waals surface area contributed by atoms with Crippen LogP contribution < -0.4 is 5.73 Å². The summed E-state index contributed by atoms with van der Waals surface area (Å²) in [5.41, 5.74) is 5.51. The third kappa shape index (κ3) is 4.22. The van der Waals surface area contributed by atoms with E-state index < -0.39 is 0 Å². The zero-order valence-corrected chi connectivity index (χ0v) is 12.2. The monoisotopic (exact) mass is 267 g/mol. The molecule has 0 saturated heterocycles. The summed E-state index contributed by atoms with van der Waals surface area (Å²) in [7, 11) is 0. The van der Waals surface area contributed by atoms with Crippen molar-refractivity contribution in [1.82, 2.24) is 9.88 Å². The Morgan fingerprint density at radius 1 is 1.33 bits per heavy atom. The van der Waals surface area contributed by atoms with Crippen molar-refractivity contribution in [2.75, 3.05) is 11.5 Å². The number of hydrogen-bond acceptors (Lipinski definition) is 4. The van der Waals surface area contributed by atoms with Crippen LogP contribution in [0.25, 0.3) is 0 Å². The number of carbonyl (C=O) groups excluding carboxylic acids is 1. The highest BCUT2D eigenvalue weighted by Crippen LogP contribution is 2.19. The van der Waals surface area contributed by atoms with Gasteiger partial charge in [-0.3, -0.25) is 4.79 Å². The third-order valence-electron chi connectivity index (χ3n) is 2.52. The molecule has 1 heterocycles. The van der Waals surface area contributed by atoms with Crippen LogP contribution in [0.3, 0.4) is 0 Å². The van der Waals surface area contributed by atoms with Gasteiger partial charge in [-0.05, 0) is 39.8 Å². The van der Waals surface area contributed by atoms with Gasteiger partial charge in [-0.15, -0.1) is 11.8 Å². The van der Waals surface area contributed by atoms with Crippen molar-refractivity contribution < 1.29 is 4.79 Å². The minimum Gasteiger partial charge on any atom is -0.384 e. The van der Waals surface area contributed by atoms with E-state index >= 15 is 0 Å². The van der Waals surface area contributed by atoms with E-state index in [1.54, 1.807) is 12.3 Å². The summed E-state index contributed by atoms with van der Waals surface area (Å²) in [5, 5.41) is 0. The molecule has 2 N–H and O–H groups in total. The fraction of sp³-hybridized carbons (Fsp3) is 0.538. The average molecular weight is 267 g/mol. The summed E-state index contributed by atoms with van der Waals surface area (Å²) in [6, 6.07) is 4.08. The summed E-state index contributed by atoms with van der Waals surface area (Å²) in [6.45, 7) is 8.14. The first-order valence-electron chi connectivity index (χ1n) is 6.07. The molecule has 1 aromatic rings. The summed E-state index contributed by atoms with van der Waals surface area (Å²) in [4.78, 5) is 19.0. The molecule has 0 atom stereocenters. The molecule has 0 aliphatic carbocycles. The van der Waals surface area contributed by atoms with Crippen molar-refractivity contribution in [3.8, 4) is 0 Å². The predicted molar refractivity (Wildman–Crippen MR) is 76.5 cm³/mol. The van der Waals surface area contributed by atoms with Gasteiger partial charge >= 0.3 is 0 Å². The van der Waals surface area contributed by atoms with E-state index in [1.807, 2.05) is 38.7 Å². The van der Waals surface area contributed by atoms with E-state index in [4.69, 9.17) is 5.73 Å². The Morgan fingerprint density at radius 3 is 2.39 bits per heavy atom. The molecule has 0 spiro atoms. The van der Waals surface area contributed by atoms with Crippen LogP contribution in [0.2, 0.25) is 0 Å². The molecule has 5 heteroatoms. The minimum absolute atomic E-state index is 0.154. The van der Waals surface area contributed by atoms with Gasteiger partial charge < -0.3 is 10.6 Å². The van der Waals surface area contributed by atoms with Crippen molar-refractivity contribution >= 4 is 23.5 Å². The van der Waals surface area contributed by atoms with Crippen LogP contribution in [-0.2, 0) is 4.79 Å². The van der Waals surface area contributed by atoms with E-state index in [2.05, 4.69) is 4.98 Å². The second kappa shape index (κ2) is 6.64. The van der Waals surface area contributed by atoms with Crippen molar-refractivity contribution in [2.45, 2.75) is 44.7 Å². The van der Waals surface area contributed by atoms with Crippen LogP contribution in [-0.4, -0.2) is 33.6 Å². The van der Waals surface area contributed by atoms with Crippen LogP contribution in [0.15, 0.2) is 23.2 Å². The Labute approximate surface area is 113 Å². The molecule has 1 amide bonds. The number of hydrogen-bond donors (Lipinski definition) is 1. The minimum atomic E-state index is 0.154. The number of carbonyl (C=O) groups is 1. The van der Waals surface area contributed by atoms with E-state index in [0.717, 1.165) is 4.90 Å². The zero-order valence-electron chi connectivity index (χ0n) is 11.4. The molecule has 0 fully saturated rings. The van der Waals surface area contributed by atoms with Crippen molar-refractivity contribution in [3.05, 3.63) is 18.3 Å². The molecular formula is C13H21N3OS. The Kier molecular flexibility index (Phi) is 5.47. The molecule has 18 heavy (non-hydrogen) atoms. The summed E-state index contributed by atoms with van der Waals surface area (Å²) < 4.78 is 0. The molecule has 0 radical (unpaired) electrons. The smallest absolute Gasteiger partial charge is 0.233 e. The van der Waals surface area contributed by atoms with Gasteiger partial charge in [-0.2, -0.15) is 0 Å². The third-order valence-corrected chi connectivity index (χ3v) is 3.49. The second-order valence-corrected chi connectivity index (χ2v) is 5.74. The highest BCUT2D eigenvalue weighted by atomic mass is 32.2. The highest BCUT2D eigenvalue weighted by Gasteiger charge is 2.19. The molecule has 0 aromatic carbocycles. The van der Waals surface area contributed by atoms with E-state index in [9.17, 15) is 4.79 Å². The fourth-order valence-corrected chi connectivity index (χ4v) is 2.60. The highest BCUT2D eigenvalue weighted by molar-refractivity contribution is 8.00. The Morgan fingerprint density at radius 2 is 1.94 bits per heavy atom. The number of thioether (sulfide) groups is 1. The quantitative estimate of drug-likeness (QED) is 0.832. The van der Waals surface area contributed by atoms with E-state index in [1.165, 1.54) is 11.8 Å². The molecule has 0 saturated carbocycles. The normalized spacial score (nSPS) is 11.0. The van der Waals surface area contributed by atoms with Gasteiger partial charge in [0.15, 0.2) is 0 Å². The van der Waals surface area contributed by atoms with Gasteiger partial charge in [-0.1, -0.05) is 0 Å². The zero-order chi connectivity index (χ0) is 13.7. The predicted octanol–water partition coefficient (Wildman–Crippen LogP) is 2.40. The summed E-state index contributed by atoms with van der Waals surface area (Å²) >= 11 is 1.49. The average Bonchev–Trinajstić information content (AvgIpc) is 2.27. The number of anilines is 1. The van der Waals surface area contributed by atoms with Gasteiger partial charge in [0.25, 0.3) is 0 Å². The Bertz CT molecular complexity index is 382. The van der Waals surface area contributed by atoms with Gasteiger partial charge in [0.1, 0.15) is 5.82 Å². The van der Waals surface area contributed by atoms with Crippen molar-refractivity contribution in [3.63, 3.8) is 0 Å². The first-order valence-corrected chi connectivity index (χ1v) is 7.06. The maximum Gasteiger partial charge on any atom is 0.233 e.